The second-order valence-corrected chi connectivity index (χ2v) is 9.37. The summed E-state index contributed by atoms with van der Waals surface area (Å²) in [4.78, 5) is 18.0. The molecule has 0 spiro atoms. The van der Waals surface area contributed by atoms with Crippen molar-refractivity contribution in [2.24, 2.45) is 13.0 Å². The van der Waals surface area contributed by atoms with Gasteiger partial charge in [-0.1, -0.05) is 11.3 Å². The van der Waals surface area contributed by atoms with Crippen molar-refractivity contribution in [1.82, 2.24) is 35.0 Å². The first-order valence-electron chi connectivity index (χ1n) is 11.6. The highest BCUT2D eigenvalue weighted by Crippen LogP contribution is 2.26. The summed E-state index contributed by atoms with van der Waals surface area (Å²) in [7, 11) is 4.05. The molecule has 0 bridgehead atoms. The first-order chi connectivity index (χ1) is 15.5. The Labute approximate surface area is 188 Å². The first kappa shape index (κ1) is 21.2. The van der Waals surface area contributed by atoms with Crippen LogP contribution in [0.1, 0.15) is 31.4 Å². The number of ketones is 1. The minimum absolute atomic E-state index is 0.140. The number of hydrogen-bond donors (Lipinski definition) is 0. The lowest BCUT2D eigenvalue weighted by atomic mass is 9.88. The van der Waals surface area contributed by atoms with Gasteiger partial charge in [-0.3, -0.25) is 9.48 Å². The first-order valence-corrected chi connectivity index (χ1v) is 11.6. The van der Waals surface area contributed by atoms with Crippen LogP contribution in [0.5, 0.6) is 0 Å². The van der Waals surface area contributed by atoms with E-state index in [0.29, 0.717) is 18.2 Å². The quantitative estimate of drug-likeness (QED) is 0.611. The molecule has 2 saturated heterocycles. The van der Waals surface area contributed by atoms with Gasteiger partial charge in [0.15, 0.2) is 0 Å². The van der Waals surface area contributed by atoms with Crippen molar-refractivity contribution in [2.75, 3.05) is 33.2 Å². The van der Waals surface area contributed by atoms with Crippen LogP contribution in [0.2, 0.25) is 0 Å². The summed E-state index contributed by atoms with van der Waals surface area (Å²) in [6.45, 7) is 4.44. The number of nitrogens with zero attached hydrogens (tertiary/aromatic N) is 7. The molecule has 0 saturated carbocycles. The third-order valence-electron chi connectivity index (χ3n) is 7.08. The smallest absolute Gasteiger partial charge is 0.142 e. The molecule has 0 radical (unpaired) electrons. The minimum Gasteiger partial charge on any atom is -0.306 e. The molecule has 2 aliphatic heterocycles. The van der Waals surface area contributed by atoms with Gasteiger partial charge in [0.2, 0.25) is 0 Å². The number of hydrogen-bond acceptors (Lipinski definition) is 7. The van der Waals surface area contributed by atoms with Crippen LogP contribution in [0.15, 0.2) is 30.5 Å². The van der Waals surface area contributed by atoms with Crippen LogP contribution in [-0.2, 0) is 18.3 Å². The lowest BCUT2D eigenvalue weighted by Crippen LogP contribution is -2.47. The fraction of sp³-hybridized carbons (Fsp3) is 0.542. The largest absolute Gasteiger partial charge is 0.306 e. The zero-order chi connectivity index (χ0) is 22.1. The molecular formula is C24H31N7O. The Morgan fingerprint density at radius 1 is 0.969 bits per heavy atom. The molecule has 32 heavy (non-hydrogen) atoms. The maximum Gasteiger partial charge on any atom is 0.142 e. The fourth-order valence-corrected chi connectivity index (χ4v) is 5.08. The van der Waals surface area contributed by atoms with E-state index in [1.54, 1.807) is 4.68 Å². The van der Waals surface area contributed by atoms with Crippen molar-refractivity contribution in [1.29, 1.82) is 0 Å². The van der Waals surface area contributed by atoms with E-state index in [0.717, 1.165) is 53.8 Å². The molecule has 8 heteroatoms. The molecule has 2 aliphatic rings. The predicted octanol–water partition coefficient (Wildman–Crippen LogP) is 2.34. The highest BCUT2D eigenvalue weighted by atomic mass is 16.1. The average molecular weight is 434 g/mol. The van der Waals surface area contributed by atoms with E-state index in [2.05, 4.69) is 37.4 Å². The molecule has 0 unspecified atom stereocenters. The van der Waals surface area contributed by atoms with Gasteiger partial charge in [0.25, 0.3) is 0 Å². The molecule has 0 atom stereocenters. The monoisotopic (exact) mass is 433 g/mol. The summed E-state index contributed by atoms with van der Waals surface area (Å²) in [5.74, 6) is 0.438. The molecule has 5 rings (SSSR count). The molecule has 168 valence electrons. The summed E-state index contributed by atoms with van der Waals surface area (Å²) in [6.07, 6.45) is 6.66. The van der Waals surface area contributed by atoms with Crippen LogP contribution < -0.4 is 0 Å². The van der Waals surface area contributed by atoms with Gasteiger partial charge in [-0.2, -0.15) is 10.2 Å². The fourth-order valence-electron chi connectivity index (χ4n) is 5.08. The molecule has 3 aromatic rings. The van der Waals surface area contributed by atoms with Crippen molar-refractivity contribution < 1.29 is 4.79 Å². The molecular weight excluding hydrogens is 402 g/mol. The maximum absolute atomic E-state index is 13.0. The minimum atomic E-state index is 0.140. The number of fused-ring (bicyclic) bond motifs is 1. The van der Waals surface area contributed by atoms with Crippen molar-refractivity contribution in [3.8, 4) is 11.3 Å². The third-order valence-corrected chi connectivity index (χ3v) is 7.08. The van der Waals surface area contributed by atoms with Gasteiger partial charge in [0, 0.05) is 30.0 Å². The number of carbonyl (C=O) groups excluding carboxylic acids is 1. The Hall–Kier alpha value is -2.71. The van der Waals surface area contributed by atoms with Gasteiger partial charge >= 0.3 is 0 Å². The van der Waals surface area contributed by atoms with Crippen molar-refractivity contribution in [3.05, 3.63) is 36.2 Å². The molecule has 2 fully saturated rings. The van der Waals surface area contributed by atoms with Gasteiger partial charge in [0.1, 0.15) is 11.5 Å². The van der Waals surface area contributed by atoms with Crippen molar-refractivity contribution >= 4 is 16.7 Å². The van der Waals surface area contributed by atoms with Gasteiger partial charge in [0.05, 0.1) is 23.8 Å². The van der Waals surface area contributed by atoms with Crippen LogP contribution in [-0.4, -0.2) is 80.0 Å². The molecule has 1 aromatic carbocycles. The number of Topliss-reactive ketones (excluding diaryl/α,β-unsaturated/α-hetero) is 1. The summed E-state index contributed by atoms with van der Waals surface area (Å²) in [5.41, 5.74) is 3.37. The summed E-state index contributed by atoms with van der Waals surface area (Å²) in [6, 6.07) is 8.65. The summed E-state index contributed by atoms with van der Waals surface area (Å²) in [5, 5.41) is 17.8. The predicted molar refractivity (Wildman–Crippen MR) is 123 cm³/mol. The van der Waals surface area contributed by atoms with Gasteiger partial charge in [-0.25, -0.2) is 0 Å². The van der Waals surface area contributed by atoms with E-state index in [1.165, 1.54) is 25.9 Å². The van der Waals surface area contributed by atoms with Crippen LogP contribution in [0.4, 0.5) is 0 Å². The van der Waals surface area contributed by atoms with Crippen LogP contribution >= 0.6 is 0 Å². The Morgan fingerprint density at radius 2 is 1.75 bits per heavy atom. The van der Waals surface area contributed by atoms with E-state index in [-0.39, 0.29) is 5.92 Å². The average Bonchev–Trinajstić information content (AvgIpc) is 3.25. The van der Waals surface area contributed by atoms with E-state index >= 15 is 0 Å². The topological polar surface area (TPSA) is 80.0 Å². The second kappa shape index (κ2) is 9.03. The van der Waals surface area contributed by atoms with Gasteiger partial charge in [-0.05, 0) is 77.1 Å². The van der Waals surface area contributed by atoms with E-state index in [1.807, 2.05) is 37.5 Å². The zero-order valence-corrected chi connectivity index (χ0v) is 18.9. The van der Waals surface area contributed by atoms with Crippen molar-refractivity contribution in [3.63, 3.8) is 0 Å². The SMILES string of the molecule is CN1CCC(N2CCC(C(=O)Cc3cc4cc(-c5cn(C)nn5)ccc4nn3)CC2)CC1. The molecule has 8 nitrogen and oxygen atoms in total. The molecule has 2 aromatic heterocycles. The van der Waals surface area contributed by atoms with Crippen LogP contribution in [0.3, 0.4) is 0 Å². The van der Waals surface area contributed by atoms with Crippen LogP contribution in [0.25, 0.3) is 22.2 Å². The van der Waals surface area contributed by atoms with Gasteiger partial charge in [-0.15, -0.1) is 5.10 Å². The van der Waals surface area contributed by atoms with E-state index in [4.69, 9.17) is 0 Å². The Balaban J connectivity index is 1.22. The van der Waals surface area contributed by atoms with Crippen molar-refractivity contribution in [2.45, 2.75) is 38.1 Å². The summed E-state index contributed by atoms with van der Waals surface area (Å²) < 4.78 is 1.69. The number of piperidine rings is 2. The lowest BCUT2D eigenvalue weighted by molar-refractivity contribution is -0.124. The van der Waals surface area contributed by atoms with Gasteiger partial charge < -0.3 is 9.80 Å². The number of aryl methyl sites for hydroxylation is 1. The van der Waals surface area contributed by atoms with E-state index in [9.17, 15) is 4.79 Å². The molecule has 0 aliphatic carbocycles. The third kappa shape index (κ3) is 4.56. The zero-order valence-electron chi connectivity index (χ0n) is 18.9. The normalized spacial score (nSPS) is 19.6. The summed E-state index contributed by atoms with van der Waals surface area (Å²) >= 11 is 0. The molecule has 4 heterocycles. The highest BCUT2D eigenvalue weighted by Gasteiger charge is 2.30. The number of aromatic nitrogens is 5. The Bertz CT molecular complexity index is 1090. The Morgan fingerprint density at radius 3 is 2.47 bits per heavy atom. The van der Waals surface area contributed by atoms with E-state index < -0.39 is 0 Å². The lowest BCUT2D eigenvalue weighted by Gasteiger charge is -2.40. The highest BCUT2D eigenvalue weighted by molar-refractivity contribution is 5.86. The standard InChI is InChI=1S/C24H31N7O/c1-29-9-7-21(8-10-29)31-11-5-17(6-12-31)24(32)15-20-14-19-13-18(3-4-22(19)26-25-20)23-16-30(2)28-27-23/h3-4,13-14,16-17,21H,5-12,15H2,1-2H3. The molecule has 0 amide bonds. The van der Waals surface area contributed by atoms with Crippen LogP contribution in [0, 0.1) is 5.92 Å². The number of benzene rings is 1. The number of likely N-dealkylation sites (tertiary alicyclic amines) is 2. The number of rotatable bonds is 5. The second-order valence-electron chi connectivity index (χ2n) is 9.37. The Kier molecular flexibility index (Phi) is 5.97. The molecule has 0 N–H and O–H groups in total. The number of carbonyl (C=O) groups is 1. The maximum atomic E-state index is 13.0.